The number of fused-ring (bicyclic) bond motifs is 1. The molecule has 3 unspecified atom stereocenters. The molecule has 0 saturated heterocycles. The van der Waals surface area contributed by atoms with Crippen LogP contribution in [0.4, 0.5) is 5.00 Å². The minimum absolute atomic E-state index is 0.131. The number of thiophene rings is 1. The Balaban J connectivity index is 1.47. The molecule has 26 heavy (non-hydrogen) atoms. The van der Waals surface area contributed by atoms with Crippen molar-refractivity contribution in [1.29, 1.82) is 0 Å². The van der Waals surface area contributed by atoms with Gasteiger partial charge in [-0.3, -0.25) is 4.79 Å². The molecule has 2 heterocycles. The molecule has 140 valence electrons. The first-order valence-electron chi connectivity index (χ1n) is 9.77. The van der Waals surface area contributed by atoms with Crippen LogP contribution >= 0.6 is 11.3 Å². The Hall–Kier alpha value is -1.40. The fraction of sp³-hybridized carbons (Fsp3) is 0.700. The standard InChI is InChI=1S/C20H25NO4S/c1-3-24-18(22)16-15-10(2)25-9-14(15)26-17(16)21-19(23)20-7-11-4-12(8-20)6-13(20)5-11/h10-13H,3-9H2,1-2H3,(H,21,23). The van der Waals surface area contributed by atoms with Gasteiger partial charge in [0.25, 0.3) is 0 Å². The van der Waals surface area contributed by atoms with E-state index in [0.717, 1.165) is 35.1 Å². The van der Waals surface area contributed by atoms with Gasteiger partial charge in [0.05, 0.1) is 24.7 Å². The van der Waals surface area contributed by atoms with Gasteiger partial charge in [0.2, 0.25) is 5.91 Å². The van der Waals surface area contributed by atoms with Crippen molar-refractivity contribution in [2.75, 3.05) is 11.9 Å². The number of nitrogens with one attached hydrogen (secondary N) is 1. The van der Waals surface area contributed by atoms with Crippen molar-refractivity contribution in [3.63, 3.8) is 0 Å². The minimum atomic E-state index is -0.354. The van der Waals surface area contributed by atoms with Crippen LogP contribution < -0.4 is 5.32 Å². The molecule has 4 aliphatic carbocycles. The maximum absolute atomic E-state index is 13.3. The zero-order valence-electron chi connectivity index (χ0n) is 15.3. The molecule has 0 aromatic carbocycles. The van der Waals surface area contributed by atoms with E-state index in [4.69, 9.17) is 9.47 Å². The van der Waals surface area contributed by atoms with E-state index in [1.165, 1.54) is 30.6 Å². The fourth-order valence-electron chi connectivity index (χ4n) is 6.20. The summed E-state index contributed by atoms with van der Waals surface area (Å²) in [5, 5.41) is 3.83. The number of carbonyl (C=O) groups excluding carboxylic acids is 2. The van der Waals surface area contributed by atoms with Crippen LogP contribution in [0.5, 0.6) is 0 Å². The lowest BCUT2D eigenvalue weighted by molar-refractivity contribution is -0.127. The number of hydrogen-bond acceptors (Lipinski definition) is 5. The van der Waals surface area contributed by atoms with Crippen LogP contribution in [0, 0.1) is 23.2 Å². The predicted octanol–water partition coefficient (Wildman–Crippen LogP) is 4.28. The van der Waals surface area contributed by atoms with E-state index in [2.05, 4.69) is 5.32 Å². The first kappa shape index (κ1) is 16.8. The molecule has 5 aliphatic rings. The maximum atomic E-state index is 13.3. The predicted molar refractivity (Wildman–Crippen MR) is 98.1 cm³/mol. The zero-order chi connectivity index (χ0) is 18.1. The van der Waals surface area contributed by atoms with Crippen LogP contribution in [-0.2, 0) is 20.9 Å². The molecule has 1 aliphatic heterocycles. The first-order valence-corrected chi connectivity index (χ1v) is 10.6. The molecule has 3 atom stereocenters. The Morgan fingerprint density at radius 3 is 2.69 bits per heavy atom. The van der Waals surface area contributed by atoms with E-state index < -0.39 is 0 Å². The highest BCUT2D eigenvalue weighted by molar-refractivity contribution is 7.17. The quantitative estimate of drug-likeness (QED) is 0.798. The van der Waals surface area contributed by atoms with Crippen LogP contribution in [-0.4, -0.2) is 18.5 Å². The number of carbonyl (C=O) groups is 2. The number of ether oxygens (including phenoxy) is 2. The number of anilines is 1. The second-order valence-corrected chi connectivity index (χ2v) is 9.58. The summed E-state index contributed by atoms with van der Waals surface area (Å²) in [4.78, 5) is 27.0. The Morgan fingerprint density at radius 2 is 2.00 bits per heavy atom. The van der Waals surface area contributed by atoms with Crippen molar-refractivity contribution in [2.24, 2.45) is 23.2 Å². The SMILES string of the molecule is CCOC(=O)c1c(NC(=O)C23CC4CC(CC2C4)C3)sc2c1C(C)OC2. The Morgan fingerprint density at radius 1 is 1.27 bits per heavy atom. The fourth-order valence-corrected chi connectivity index (χ4v) is 7.39. The van der Waals surface area contributed by atoms with E-state index in [9.17, 15) is 9.59 Å². The van der Waals surface area contributed by atoms with Gasteiger partial charge < -0.3 is 14.8 Å². The molecule has 1 aromatic rings. The third kappa shape index (κ3) is 2.24. The van der Waals surface area contributed by atoms with Crippen LogP contribution in [0.15, 0.2) is 0 Å². The lowest BCUT2D eigenvalue weighted by Gasteiger charge is -2.31. The monoisotopic (exact) mass is 375 g/mol. The van der Waals surface area contributed by atoms with E-state index in [1.807, 2.05) is 6.92 Å². The normalized spacial score (nSPS) is 36.4. The molecular weight excluding hydrogens is 350 g/mol. The number of hydrogen-bond donors (Lipinski definition) is 1. The first-order chi connectivity index (χ1) is 12.5. The van der Waals surface area contributed by atoms with Crippen LogP contribution in [0.2, 0.25) is 0 Å². The number of esters is 1. The smallest absolute Gasteiger partial charge is 0.341 e. The number of amides is 1. The van der Waals surface area contributed by atoms with Crippen molar-refractivity contribution in [2.45, 2.75) is 58.7 Å². The van der Waals surface area contributed by atoms with Gasteiger partial charge in [-0.2, -0.15) is 0 Å². The van der Waals surface area contributed by atoms with Gasteiger partial charge in [0, 0.05) is 10.4 Å². The summed E-state index contributed by atoms with van der Waals surface area (Å²) in [7, 11) is 0. The Kier molecular flexibility index (Phi) is 3.73. The second kappa shape index (κ2) is 5.80. The summed E-state index contributed by atoms with van der Waals surface area (Å²) in [6, 6.07) is 0. The molecule has 4 saturated carbocycles. The van der Waals surface area contributed by atoms with E-state index in [1.54, 1.807) is 6.92 Å². The molecule has 1 amide bonds. The lowest BCUT2D eigenvalue weighted by Crippen LogP contribution is -2.37. The summed E-state index contributed by atoms with van der Waals surface area (Å²) in [6.45, 7) is 4.57. The van der Waals surface area contributed by atoms with Crippen LogP contribution in [0.1, 0.15) is 72.9 Å². The zero-order valence-corrected chi connectivity index (χ0v) is 16.1. The molecule has 4 bridgehead atoms. The lowest BCUT2D eigenvalue weighted by atomic mass is 9.75. The molecule has 1 N–H and O–H groups in total. The van der Waals surface area contributed by atoms with Crippen molar-refractivity contribution >= 4 is 28.2 Å². The maximum Gasteiger partial charge on any atom is 0.341 e. The van der Waals surface area contributed by atoms with Crippen molar-refractivity contribution in [1.82, 2.24) is 0 Å². The molecular formula is C20H25NO4S. The van der Waals surface area contributed by atoms with E-state index in [0.29, 0.717) is 29.7 Å². The van der Waals surface area contributed by atoms with Gasteiger partial charge in [-0.1, -0.05) is 0 Å². The largest absolute Gasteiger partial charge is 0.462 e. The molecule has 0 spiro atoms. The molecule has 5 nitrogen and oxygen atoms in total. The average molecular weight is 375 g/mol. The minimum Gasteiger partial charge on any atom is -0.462 e. The third-order valence-corrected chi connectivity index (χ3v) is 8.14. The molecule has 4 fully saturated rings. The Bertz CT molecular complexity index is 771. The topological polar surface area (TPSA) is 64.6 Å². The summed E-state index contributed by atoms with van der Waals surface area (Å²) in [5.74, 6) is 1.76. The van der Waals surface area contributed by atoms with Crippen molar-refractivity contribution in [3.8, 4) is 0 Å². The molecule has 6 rings (SSSR count). The van der Waals surface area contributed by atoms with Gasteiger partial charge in [0.1, 0.15) is 10.6 Å². The summed E-state index contributed by atoms with van der Waals surface area (Å²) < 4.78 is 10.9. The summed E-state index contributed by atoms with van der Waals surface area (Å²) in [6.07, 6.45) is 5.64. The second-order valence-electron chi connectivity index (χ2n) is 8.47. The average Bonchev–Trinajstić information content (AvgIpc) is 3.26. The van der Waals surface area contributed by atoms with Gasteiger partial charge in [-0.25, -0.2) is 4.79 Å². The molecule has 0 radical (unpaired) electrons. The van der Waals surface area contributed by atoms with Gasteiger partial charge in [0.15, 0.2) is 0 Å². The summed E-state index contributed by atoms with van der Waals surface area (Å²) in [5.41, 5.74) is 1.22. The van der Waals surface area contributed by atoms with Gasteiger partial charge >= 0.3 is 5.97 Å². The number of rotatable bonds is 4. The molecule has 6 heteroatoms. The van der Waals surface area contributed by atoms with E-state index >= 15 is 0 Å². The van der Waals surface area contributed by atoms with Crippen LogP contribution in [0.3, 0.4) is 0 Å². The van der Waals surface area contributed by atoms with Crippen molar-refractivity contribution < 1.29 is 19.1 Å². The molecule has 1 aromatic heterocycles. The van der Waals surface area contributed by atoms with Crippen molar-refractivity contribution in [3.05, 3.63) is 16.0 Å². The highest BCUT2D eigenvalue weighted by Crippen LogP contribution is 2.65. The van der Waals surface area contributed by atoms with Crippen LogP contribution in [0.25, 0.3) is 0 Å². The van der Waals surface area contributed by atoms with Gasteiger partial charge in [-0.05, 0) is 63.7 Å². The Labute approximate surface area is 157 Å². The third-order valence-electron chi connectivity index (χ3n) is 7.04. The summed E-state index contributed by atoms with van der Waals surface area (Å²) >= 11 is 1.48. The highest BCUT2D eigenvalue weighted by Gasteiger charge is 2.61. The van der Waals surface area contributed by atoms with Gasteiger partial charge in [-0.15, -0.1) is 11.3 Å². The highest BCUT2D eigenvalue weighted by atomic mass is 32.1. The van der Waals surface area contributed by atoms with E-state index in [-0.39, 0.29) is 23.4 Å².